The third-order valence-corrected chi connectivity index (χ3v) is 4.17. The molecule has 0 aromatic carbocycles. The first-order valence-electron chi connectivity index (χ1n) is 5.36. The van der Waals surface area contributed by atoms with Crippen LogP contribution in [0.25, 0.3) is 0 Å². The molecule has 1 rings (SSSR count). The molecule has 14 heavy (non-hydrogen) atoms. The van der Waals surface area contributed by atoms with E-state index in [0.29, 0.717) is 9.97 Å². The zero-order valence-corrected chi connectivity index (χ0v) is 11.4. The third kappa shape index (κ3) is 3.41. The predicted octanol–water partition coefficient (Wildman–Crippen LogP) is 2.89. The molecule has 1 saturated carbocycles. The van der Waals surface area contributed by atoms with E-state index in [1.165, 1.54) is 19.3 Å². The van der Waals surface area contributed by atoms with Crippen LogP contribution >= 0.6 is 22.6 Å². The van der Waals surface area contributed by atoms with Gasteiger partial charge >= 0.3 is 0 Å². The standard InChI is InChI=1S/C11H20INO/c1-11(2,3)10(14)13-9-7-5-4-6-8(9)12/h8-9H,4-7H2,1-3H3,(H,13,14)/t8-,9-/m0/s1. The molecule has 0 aliphatic heterocycles. The van der Waals surface area contributed by atoms with Crippen LogP contribution in [0.2, 0.25) is 0 Å². The van der Waals surface area contributed by atoms with Crippen LogP contribution in [0.1, 0.15) is 46.5 Å². The maximum absolute atomic E-state index is 11.8. The Morgan fingerprint density at radius 3 is 2.36 bits per heavy atom. The summed E-state index contributed by atoms with van der Waals surface area (Å²) in [5.41, 5.74) is -0.256. The Morgan fingerprint density at radius 2 is 1.86 bits per heavy atom. The van der Waals surface area contributed by atoms with Crippen molar-refractivity contribution < 1.29 is 4.79 Å². The van der Waals surface area contributed by atoms with Crippen LogP contribution in [0.4, 0.5) is 0 Å². The van der Waals surface area contributed by atoms with Crippen molar-refractivity contribution in [2.24, 2.45) is 5.41 Å². The van der Waals surface area contributed by atoms with Crippen molar-refractivity contribution in [3.05, 3.63) is 0 Å². The molecule has 1 fully saturated rings. The monoisotopic (exact) mass is 309 g/mol. The van der Waals surface area contributed by atoms with E-state index in [0.717, 1.165) is 6.42 Å². The highest BCUT2D eigenvalue weighted by Crippen LogP contribution is 2.26. The van der Waals surface area contributed by atoms with Gasteiger partial charge in [0, 0.05) is 15.4 Å². The fourth-order valence-corrected chi connectivity index (χ4v) is 2.61. The molecule has 0 bridgehead atoms. The van der Waals surface area contributed by atoms with Crippen LogP contribution < -0.4 is 5.32 Å². The molecule has 0 radical (unpaired) electrons. The predicted molar refractivity (Wildman–Crippen MR) is 67.7 cm³/mol. The van der Waals surface area contributed by atoms with Crippen molar-refractivity contribution in [1.82, 2.24) is 5.32 Å². The molecular weight excluding hydrogens is 289 g/mol. The van der Waals surface area contributed by atoms with Gasteiger partial charge < -0.3 is 5.32 Å². The zero-order chi connectivity index (χ0) is 10.8. The van der Waals surface area contributed by atoms with Gasteiger partial charge in [-0.05, 0) is 12.8 Å². The highest BCUT2D eigenvalue weighted by Gasteiger charge is 2.28. The van der Waals surface area contributed by atoms with Crippen molar-refractivity contribution in [3.8, 4) is 0 Å². The van der Waals surface area contributed by atoms with Crippen LogP contribution in [0.15, 0.2) is 0 Å². The molecule has 0 heterocycles. The number of amides is 1. The van der Waals surface area contributed by atoms with E-state index in [2.05, 4.69) is 27.9 Å². The van der Waals surface area contributed by atoms with E-state index in [-0.39, 0.29) is 11.3 Å². The Kier molecular flexibility index (Phi) is 4.22. The first kappa shape index (κ1) is 12.3. The Morgan fingerprint density at radius 1 is 1.29 bits per heavy atom. The van der Waals surface area contributed by atoms with Gasteiger partial charge in [-0.25, -0.2) is 0 Å². The van der Waals surface area contributed by atoms with E-state index >= 15 is 0 Å². The van der Waals surface area contributed by atoms with Crippen molar-refractivity contribution in [1.29, 1.82) is 0 Å². The Bertz CT molecular complexity index is 210. The number of hydrogen-bond donors (Lipinski definition) is 1. The molecule has 82 valence electrons. The number of carbonyl (C=O) groups is 1. The molecule has 1 aliphatic rings. The van der Waals surface area contributed by atoms with Crippen molar-refractivity contribution in [2.45, 2.75) is 56.4 Å². The lowest BCUT2D eigenvalue weighted by atomic mass is 9.91. The van der Waals surface area contributed by atoms with E-state index in [1.807, 2.05) is 20.8 Å². The number of hydrogen-bond acceptors (Lipinski definition) is 1. The van der Waals surface area contributed by atoms with Crippen LogP contribution in [0.3, 0.4) is 0 Å². The second-order valence-electron chi connectivity index (χ2n) is 5.13. The maximum Gasteiger partial charge on any atom is 0.225 e. The number of carbonyl (C=O) groups excluding carboxylic acids is 1. The van der Waals surface area contributed by atoms with E-state index in [4.69, 9.17) is 0 Å². The molecule has 1 aliphatic carbocycles. The molecule has 0 saturated heterocycles. The minimum Gasteiger partial charge on any atom is -0.352 e. The largest absolute Gasteiger partial charge is 0.352 e. The summed E-state index contributed by atoms with van der Waals surface area (Å²) >= 11 is 2.47. The second-order valence-corrected chi connectivity index (χ2v) is 6.73. The van der Waals surface area contributed by atoms with Gasteiger partial charge in [-0.15, -0.1) is 0 Å². The summed E-state index contributed by atoms with van der Waals surface area (Å²) in [7, 11) is 0. The Labute approximate surface area is 100 Å². The normalized spacial score (nSPS) is 28.6. The number of halogens is 1. The van der Waals surface area contributed by atoms with E-state index in [9.17, 15) is 4.79 Å². The average Bonchev–Trinajstić information content (AvgIpc) is 2.07. The lowest BCUT2D eigenvalue weighted by molar-refractivity contribution is -0.129. The van der Waals surface area contributed by atoms with Gasteiger partial charge in [-0.3, -0.25) is 4.79 Å². The van der Waals surface area contributed by atoms with Gasteiger partial charge in [0.05, 0.1) is 0 Å². The summed E-state index contributed by atoms with van der Waals surface area (Å²) in [4.78, 5) is 11.8. The average molecular weight is 309 g/mol. The first-order valence-corrected chi connectivity index (χ1v) is 6.61. The Hall–Kier alpha value is 0.200. The second kappa shape index (κ2) is 4.81. The van der Waals surface area contributed by atoms with Gasteiger partial charge in [0.15, 0.2) is 0 Å². The minimum absolute atomic E-state index is 0.186. The van der Waals surface area contributed by atoms with Crippen LogP contribution in [-0.2, 0) is 4.79 Å². The highest BCUT2D eigenvalue weighted by atomic mass is 127. The number of nitrogens with one attached hydrogen (secondary N) is 1. The van der Waals surface area contributed by atoms with Gasteiger partial charge in [0.2, 0.25) is 5.91 Å². The summed E-state index contributed by atoms with van der Waals surface area (Å²) in [6, 6.07) is 0.399. The van der Waals surface area contributed by atoms with Gasteiger partial charge in [-0.1, -0.05) is 56.2 Å². The number of alkyl halides is 1. The quantitative estimate of drug-likeness (QED) is 0.586. The topological polar surface area (TPSA) is 29.1 Å². The summed E-state index contributed by atoms with van der Waals surface area (Å²) in [6.45, 7) is 5.90. The molecule has 0 unspecified atom stereocenters. The summed E-state index contributed by atoms with van der Waals surface area (Å²) in [5.74, 6) is 0.186. The number of rotatable bonds is 1. The molecule has 0 spiro atoms. The van der Waals surface area contributed by atoms with Crippen molar-refractivity contribution in [3.63, 3.8) is 0 Å². The lowest BCUT2D eigenvalue weighted by Crippen LogP contribution is -2.46. The lowest BCUT2D eigenvalue weighted by Gasteiger charge is -2.30. The van der Waals surface area contributed by atoms with Crippen LogP contribution in [0.5, 0.6) is 0 Å². The van der Waals surface area contributed by atoms with Crippen molar-refractivity contribution >= 4 is 28.5 Å². The van der Waals surface area contributed by atoms with Gasteiger partial charge in [-0.2, -0.15) is 0 Å². The molecule has 2 nitrogen and oxygen atoms in total. The fraction of sp³-hybridized carbons (Fsp3) is 0.909. The van der Waals surface area contributed by atoms with E-state index in [1.54, 1.807) is 0 Å². The summed E-state index contributed by atoms with van der Waals surface area (Å²) in [5, 5.41) is 3.16. The molecule has 1 N–H and O–H groups in total. The zero-order valence-electron chi connectivity index (χ0n) is 9.27. The van der Waals surface area contributed by atoms with E-state index < -0.39 is 0 Å². The molecule has 3 heteroatoms. The van der Waals surface area contributed by atoms with Gasteiger partial charge in [0.1, 0.15) is 0 Å². The van der Waals surface area contributed by atoms with Crippen LogP contribution in [-0.4, -0.2) is 15.9 Å². The maximum atomic E-state index is 11.8. The fourth-order valence-electron chi connectivity index (χ4n) is 1.63. The summed E-state index contributed by atoms with van der Waals surface area (Å²) in [6.07, 6.45) is 4.97. The molecule has 0 aromatic heterocycles. The molecule has 1 amide bonds. The SMILES string of the molecule is CC(C)(C)C(=O)N[C@H]1CCCC[C@@H]1I. The summed E-state index contributed by atoms with van der Waals surface area (Å²) < 4.78 is 0.618. The Balaban J connectivity index is 2.46. The third-order valence-electron chi connectivity index (χ3n) is 2.68. The highest BCUT2D eigenvalue weighted by molar-refractivity contribution is 14.1. The van der Waals surface area contributed by atoms with Gasteiger partial charge in [0.25, 0.3) is 0 Å². The molecular formula is C11H20INO. The first-order chi connectivity index (χ1) is 6.41. The molecule has 2 atom stereocenters. The smallest absolute Gasteiger partial charge is 0.225 e. The molecule has 0 aromatic rings. The van der Waals surface area contributed by atoms with Crippen LogP contribution in [0, 0.1) is 5.41 Å². The minimum atomic E-state index is -0.256. The van der Waals surface area contributed by atoms with Crippen molar-refractivity contribution in [2.75, 3.05) is 0 Å².